The predicted molar refractivity (Wildman–Crippen MR) is 111 cm³/mol. The number of furan rings is 1. The maximum Gasteiger partial charge on any atom is 0.355 e. The van der Waals surface area contributed by atoms with E-state index in [4.69, 9.17) is 9.15 Å². The van der Waals surface area contributed by atoms with Gasteiger partial charge in [0.25, 0.3) is 11.6 Å². The fourth-order valence-electron chi connectivity index (χ4n) is 2.47. The number of non-ortho nitro benzene ring substituents is 1. The van der Waals surface area contributed by atoms with Gasteiger partial charge in [0.05, 0.1) is 11.2 Å². The summed E-state index contributed by atoms with van der Waals surface area (Å²) >= 11 is 3.29. The number of nitro groups is 1. The predicted octanol–water partition coefficient (Wildman–Crippen LogP) is 4.46. The molecule has 0 atom stereocenters. The van der Waals surface area contributed by atoms with Crippen LogP contribution in [0.5, 0.6) is 0 Å². The van der Waals surface area contributed by atoms with Crippen LogP contribution in [-0.2, 0) is 16.1 Å². The molecule has 0 aliphatic heterocycles. The highest BCUT2D eigenvalue weighted by molar-refractivity contribution is 9.10. The average molecular weight is 471 g/mol. The fraction of sp³-hybridized carbons (Fsp3) is 0.0476. The number of hydrogen-bond acceptors (Lipinski definition) is 6. The van der Waals surface area contributed by atoms with Crippen molar-refractivity contribution in [2.75, 3.05) is 0 Å². The number of hydrogen-bond donors (Lipinski definition) is 1. The average Bonchev–Trinajstić information content (AvgIpc) is 3.25. The van der Waals surface area contributed by atoms with Gasteiger partial charge in [-0.05, 0) is 42.0 Å². The zero-order valence-corrected chi connectivity index (χ0v) is 17.0. The smallest absolute Gasteiger partial charge is 0.355 e. The molecule has 0 saturated heterocycles. The Bertz CT molecular complexity index is 1110. The topological polar surface area (TPSA) is 112 Å². The first-order valence-electron chi connectivity index (χ1n) is 8.65. The number of carbonyl (C=O) groups is 2. The molecule has 8 nitrogen and oxygen atoms in total. The van der Waals surface area contributed by atoms with E-state index < -0.39 is 16.8 Å². The molecule has 1 amide bonds. The Morgan fingerprint density at radius 2 is 1.93 bits per heavy atom. The maximum absolute atomic E-state index is 12.6. The van der Waals surface area contributed by atoms with E-state index in [9.17, 15) is 19.7 Å². The molecule has 1 N–H and O–H groups in total. The van der Waals surface area contributed by atoms with Crippen LogP contribution >= 0.6 is 15.9 Å². The van der Waals surface area contributed by atoms with Gasteiger partial charge in [-0.3, -0.25) is 14.9 Å². The molecule has 0 bridgehead atoms. The van der Waals surface area contributed by atoms with E-state index in [1.54, 1.807) is 42.5 Å². The van der Waals surface area contributed by atoms with Gasteiger partial charge in [-0.25, -0.2) is 4.79 Å². The summed E-state index contributed by atoms with van der Waals surface area (Å²) in [5.74, 6) is -0.930. The van der Waals surface area contributed by atoms with Crippen molar-refractivity contribution in [1.29, 1.82) is 0 Å². The summed E-state index contributed by atoms with van der Waals surface area (Å²) < 4.78 is 11.0. The summed E-state index contributed by atoms with van der Waals surface area (Å²) in [4.78, 5) is 35.7. The second kappa shape index (κ2) is 9.66. The molecule has 30 heavy (non-hydrogen) atoms. The van der Waals surface area contributed by atoms with E-state index in [2.05, 4.69) is 21.2 Å². The number of nitro benzene ring substituents is 1. The Kier molecular flexibility index (Phi) is 6.76. The summed E-state index contributed by atoms with van der Waals surface area (Å²) in [5.41, 5.74) is 0.342. The van der Waals surface area contributed by atoms with Crippen LogP contribution in [0.2, 0.25) is 0 Å². The molecule has 152 valence electrons. The summed E-state index contributed by atoms with van der Waals surface area (Å²) in [6.07, 6.45) is 2.76. The van der Waals surface area contributed by atoms with Crippen molar-refractivity contribution >= 4 is 39.6 Å². The van der Waals surface area contributed by atoms with E-state index in [0.29, 0.717) is 21.4 Å². The quantitative estimate of drug-likeness (QED) is 0.236. The first-order chi connectivity index (χ1) is 14.4. The fourth-order valence-corrected chi connectivity index (χ4v) is 2.87. The zero-order valence-electron chi connectivity index (χ0n) is 15.4. The highest BCUT2D eigenvalue weighted by Crippen LogP contribution is 2.17. The molecule has 0 unspecified atom stereocenters. The minimum Gasteiger partial charge on any atom is -0.466 e. The summed E-state index contributed by atoms with van der Waals surface area (Å²) in [5, 5.41) is 13.5. The minimum atomic E-state index is -0.818. The molecule has 3 rings (SSSR count). The summed E-state index contributed by atoms with van der Waals surface area (Å²) in [7, 11) is 0. The SMILES string of the molecule is O=C(OCc1ccco1)/C(=C/c1cccc([N+](=O)[O-])c1)NC(=O)c1cccc(Br)c1. The van der Waals surface area contributed by atoms with Crippen LogP contribution in [0.25, 0.3) is 6.08 Å². The van der Waals surface area contributed by atoms with Crippen LogP contribution in [0, 0.1) is 10.1 Å². The minimum absolute atomic E-state index is 0.134. The third kappa shape index (κ3) is 5.65. The van der Waals surface area contributed by atoms with E-state index in [1.165, 1.54) is 30.5 Å². The van der Waals surface area contributed by atoms with E-state index >= 15 is 0 Å². The lowest BCUT2D eigenvalue weighted by molar-refractivity contribution is -0.384. The van der Waals surface area contributed by atoms with Crippen molar-refractivity contribution in [1.82, 2.24) is 5.32 Å². The van der Waals surface area contributed by atoms with Crippen LogP contribution < -0.4 is 5.32 Å². The number of benzene rings is 2. The number of nitrogens with one attached hydrogen (secondary N) is 1. The molecule has 0 radical (unpaired) electrons. The van der Waals surface area contributed by atoms with Crippen LogP contribution in [0.3, 0.4) is 0 Å². The van der Waals surface area contributed by atoms with Crippen molar-refractivity contribution in [2.45, 2.75) is 6.61 Å². The molecule has 0 aliphatic rings. The molecule has 2 aromatic carbocycles. The second-order valence-electron chi connectivity index (χ2n) is 6.03. The lowest BCUT2D eigenvalue weighted by Gasteiger charge is -2.10. The van der Waals surface area contributed by atoms with Gasteiger partial charge in [0.1, 0.15) is 18.1 Å². The van der Waals surface area contributed by atoms with Gasteiger partial charge >= 0.3 is 5.97 Å². The van der Waals surface area contributed by atoms with Crippen molar-refractivity contribution in [3.63, 3.8) is 0 Å². The third-order valence-electron chi connectivity index (χ3n) is 3.87. The zero-order chi connectivity index (χ0) is 21.5. The van der Waals surface area contributed by atoms with Crippen molar-refractivity contribution in [2.24, 2.45) is 0 Å². The first-order valence-corrected chi connectivity index (χ1v) is 9.44. The number of rotatable bonds is 7. The molecule has 3 aromatic rings. The van der Waals surface area contributed by atoms with E-state index in [0.717, 1.165) is 0 Å². The Balaban J connectivity index is 1.87. The van der Waals surface area contributed by atoms with Gasteiger partial charge in [-0.2, -0.15) is 0 Å². The van der Waals surface area contributed by atoms with Gasteiger partial charge in [0, 0.05) is 22.2 Å². The number of esters is 1. The largest absolute Gasteiger partial charge is 0.466 e. The van der Waals surface area contributed by atoms with Gasteiger partial charge in [-0.1, -0.05) is 34.1 Å². The van der Waals surface area contributed by atoms with E-state index in [-0.39, 0.29) is 18.0 Å². The maximum atomic E-state index is 12.6. The van der Waals surface area contributed by atoms with E-state index in [1.807, 2.05) is 0 Å². The Labute approximate surface area is 179 Å². The first kappa shape index (κ1) is 21.0. The van der Waals surface area contributed by atoms with Gasteiger partial charge in [0.15, 0.2) is 0 Å². The lowest BCUT2D eigenvalue weighted by Crippen LogP contribution is -2.28. The van der Waals surface area contributed by atoms with Crippen molar-refractivity contribution in [3.05, 3.63) is 104 Å². The number of carbonyl (C=O) groups excluding carboxylic acids is 2. The van der Waals surface area contributed by atoms with Crippen molar-refractivity contribution < 1.29 is 23.7 Å². The number of nitrogens with zero attached hydrogens (tertiary/aromatic N) is 1. The van der Waals surface area contributed by atoms with Crippen LogP contribution in [0.4, 0.5) is 5.69 Å². The normalized spacial score (nSPS) is 11.0. The summed E-state index contributed by atoms with van der Waals surface area (Å²) in [6, 6.07) is 15.6. The Hall–Kier alpha value is -3.72. The molecule has 0 fully saturated rings. The molecule has 1 aromatic heterocycles. The molecule has 9 heteroatoms. The third-order valence-corrected chi connectivity index (χ3v) is 4.37. The Morgan fingerprint density at radius 1 is 1.13 bits per heavy atom. The molecular formula is C21H15BrN2O6. The molecule has 0 saturated carbocycles. The number of ether oxygens (including phenoxy) is 1. The Morgan fingerprint density at radius 3 is 2.63 bits per heavy atom. The number of amides is 1. The van der Waals surface area contributed by atoms with Gasteiger partial charge in [-0.15, -0.1) is 0 Å². The van der Waals surface area contributed by atoms with Crippen LogP contribution in [0.15, 0.2) is 81.5 Å². The monoisotopic (exact) mass is 470 g/mol. The molecule has 0 spiro atoms. The number of halogens is 1. The second-order valence-corrected chi connectivity index (χ2v) is 6.95. The lowest BCUT2D eigenvalue weighted by atomic mass is 10.1. The molecular weight excluding hydrogens is 456 g/mol. The summed E-state index contributed by atoms with van der Waals surface area (Å²) in [6.45, 7) is -0.134. The van der Waals surface area contributed by atoms with Crippen LogP contribution in [-0.4, -0.2) is 16.8 Å². The highest BCUT2D eigenvalue weighted by Gasteiger charge is 2.17. The molecule has 0 aliphatic carbocycles. The van der Waals surface area contributed by atoms with Crippen molar-refractivity contribution in [3.8, 4) is 0 Å². The van der Waals surface area contributed by atoms with Gasteiger partial charge < -0.3 is 14.5 Å². The highest BCUT2D eigenvalue weighted by atomic mass is 79.9. The molecule has 1 heterocycles. The van der Waals surface area contributed by atoms with Gasteiger partial charge in [0.2, 0.25) is 0 Å². The van der Waals surface area contributed by atoms with Crippen LogP contribution in [0.1, 0.15) is 21.7 Å². The standard InChI is InChI=1S/C21H15BrN2O6/c22-16-6-2-5-15(12-16)20(25)23-19(21(26)30-13-18-8-3-9-29-18)11-14-4-1-7-17(10-14)24(27)28/h1-12H,13H2,(H,23,25)/b19-11-.